The molecule has 1 fully saturated rings. The predicted molar refractivity (Wildman–Crippen MR) is 87.3 cm³/mol. The summed E-state index contributed by atoms with van der Waals surface area (Å²) in [6.45, 7) is 4.10. The number of nitrogens with one attached hydrogen (secondary N) is 2. The van der Waals surface area contributed by atoms with Gasteiger partial charge in [0, 0.05) is 33.3 Å². The third-order valence-electron chi connectivity index (χ3n) is 3.67. The summed E-state index contributed by atoms with van der Waals surface area (Å²) in [4.78, 5) is 25.8. The Morgan fingerprint density at radius 2 is 2.09 bits per heavy atom. The van der Waals surface area contributed by atoms with Crippen molar-refractivity contribution < 1.29 is 19.1 Å². The van der Waals surface area contributed by atoms with Gasteiger partial charge in [0.05, 0.1) is 25.9 Å². The van der Waals surface area contributed by atoms with Gasteiger partial charge in [0.15, 0.2) is 0 Å². The number of rotatable bonds is 7. The summed E-state index contributed by atoms with van der Waals surface area (Å²) < 4.78 is 10.2. The minimum absolute atomic E-state index is 0.0564. The summed E-state index contributed by atoms with van der Waals surface area (Å²) in [5.41, 5.74) is 1.15. The largest absolute Gasteiger partial charge is 0.383 e. The highest BCUT2D eigenvalue weighted by Crippen LogP contribution is 2.23. The average molecular weight is 341 g/mol. The van der Waals surface area contributed by atoms with Gasteiger partial charge in [-0.1, -0.05) is 0 Å². The van der Waals surface area contributed by atoms with E-state index in [-0.39, 0.29) is 6.04 Å². The van der Waals surface area contributed by atoms with Crippen LogP contribution in [0.15, 0.2) is 16.8 Å². The van der Waals surface area contributed by atoms with Gasteiger partial charge in [0.2, 0.25) is 0 Å². The smallest absolute Gasteiger partial charge is 0.309 e. The number of thiophene rings is 1. The molecule has 1 saturated heterocycles. The molecule has 0 spiro atoms. The topological polar surface area (TPSA) is 79.9 Å². The van der Waals surface area contributed by atoms with Crippen LogP contribution < -0.4 is 10.6 Å². The molecule has 2 heterocycles. The molecule has 0 radical (unpaired) electrons. The number of hydrogen-bond donors (Lipinski definition) is 2. The van der Waals surface area contributed by atoms with E-state index in [0.717, 1.165) is 18.7 Å². The number of amides is 2. The van der Waals surface area contributed by atoms with E-state index in [2.05, 4.69) is 27.0 Å². The highest BCUT2D eigenvalue weighted by molar-refractivity contribution is 7.07. The molecule has 7 nitrogen and oxygen atoms in total. The fourth-order valence-corrected chi connectivity index (χ4v) is 3.14. The minimum Gasteiger partial charge on any atom is -0.383 e. The summed E-state index contributed by atoms with van der Waals surface area (Å²) >= 11 is 1.62. The van der Waals surface area contributed by atoms with Crippen molar-refractivity contribution in [3.63, 3.8) is 0 Å². The Balaban J connectivity index is 1.88. The molecule has 1 aromatic rings. The van der Waals surface area contributed by atoms with Gasteiger partial charge in [-0.3, -0.25) is 14.5 Å². The van der Waals surface area contributed by atoms with E-state index < -0.39 is 11.8 Å². The number of hydrogen-bond acceptors (Lipinski definition) is 6. The lowest BCUT2D eigenvalue weighted by atomic mass is 10.1. The Morgan fingerprint density at radius 1 is 1.35 bits per heavy atom. The Labute approximate surface area is 139 Å². The fraction of sp³-hybridized carbons (Fsp3) is 0.600. The molecule has 128 valence electrons. The van der Waals surface area contributed by atoms with Gasteiger partial charge >= 0.3 is 11.8 Å². The fourth-order valence-electron chi connectivity index (χ4n) is 2.43. The van der Waals surface area contributed by atoms with Crippen LogP contribution in [0.2, 0.25) is 0 Å². The summed E-state index contributed by atoms with van der Waals surface area (Å²) in [6, 6.07) is 2.11. The quantitative estimate of drug-likeness (QED) is 0.539. The molecule has 2 rings (SSSR count). The van der Waals surface area contributed by atoms with E-state index in [0.29, 0.717) is 32.9 Å². The zero-order chi connectivity index (χ0) is 16.5. The van der Waals surface area contributed by atoms with Crippen LogP contribution in [0.25, 0.3) is 0 Å². The van der Waals surface area contributed by atoms with Gasteiger partial charge in [-0.15, -0.1) is 0 Å². The lowest BCUT2D eigenvalue weighted by Crippen LogP contribution is -2.47. The first-order valence-electron chi connectivity index (χ1n) is 7.61. The van der Waals surface area contributed by atoms with E-state index in [9.17, 15) is 9.59 Å². The average Bonchev–Trinajstić information content (AvgIpc) is 3.10. The Hall–Kier alpha value is -1.48. The van der Waals surface area contributed by atoms with E-state index in [1.54, 1.807) is 18.4 Å². The molecule has 1 atom stereocenters. The molecule has 8 heteroatoms. The maximum absolute atomic E-state index is 11.9. The first kappa shape index (κ1) is 17.9. The van der Waals surface area contributed by atoms with Crippen LogP contribution in [0.5, 0.6) is 0 Å². The first-order chi connectivity index (χ1) is 11.2. The molecule has 0 aliphatic carbocycles. The van der Waals surface area contributed by atoms with Crippen molar-refractivity contribution in [2.75, 3.05) is 53.1 Å². The van der Waals surface area contributed by atoms with Gasteiger partial charge < -0.3 is 20.1 Å². The lowest BCUT2D eigenvalue weighted by molar-refractivity contribution is -0.139. The SMILES string of the molecule is COCCNC(=O)C(=O)NC[C@@H](c1ccsc1)N1CCOCC1. The van der Waals surface area contributed by atoms with Gasteiger partial charge in [-0.25, -0.2) is 0 Å². The van der Waals surface area contributed by atoms with Crippen molar-refractivity contribution in [2.45, 2.75) is 6.04 Å². The molecular formula is C15H23N3O4S. The molecule has 2 amide bonds. The van der Waals surface area contributed by atoms with Crippen LogP contribution in [-0.2, 0) is 19.1 Å². The molecular weight excluding hydrogens is 318 g/mol. The van der Waals surface area contributed by atoms with Crippen LogP contribution in [-0.4, -0.2) is 69.8 Å². The molecule has 0 unspecified atom stereocenters. The third-order valence-corrected chi connectivity index (χ3v) is 4.37. The Kier molecular flexibility index (Phi) is 7.47. The van der Waals surface area contributed by atoms with E-state index >= 15 is 0 Å². The number of methoxy groups -OCH3 is 1. The van der Waals surface area contributed by atoms with Crippen LogP contribution in [0.3, 0.4) is 0 Å². The number of ether oxygens (including phenoxy) is 2. The predicted octanol–water partition coefficient (Wildman–Crippen LogP) is 0.000200. The van der Waals surface area contributed by atoms with Crippen LogP contribution in [0, 0.1) is 0 Å². The van der Waals surface area contributed by atoms with Crippen molar-refractivity contribution in [2.24, 2.45) is 0 Å². The zero-order valence-corrected chi connectivity index (χ0v) is 14.1. The standard InChI is InChI=1S/C15H23N3O4S/c1-21-6-3-16-14(19)15(20)17-10-13(12-2-9-23-11-12)18-4-7-22-8-5-18/h2,9,11,13H,3-8,10H2,1H3,(H,16,19)(H,17,20)/t13-/m0/s1. The monoisotopic (exact) mass is 341 g/mol. The maximum atomic E-state index is 11.9. The van der Waals surface area contributed by atoms with Crippen molar-refractivity contribution in [1.29, 1.82) is 0 Å². The van der Waals surface area contributed by atoms with Gasteiger partial charge in [0.25, 0.3) is 0 Å². The maximum Gasteiger partial charge on any atom is 0.309 e. The molecule has 0 bridgehead atoms. The number of carbonyl (C=O) groups is 2. The highest BCUT2D eigenvalue weighted by Gasteiger charge is 2.24. The first-order valence-corrected chi connectivity index (χ1v) is 8.55. The molecule has 0 saturated carbocycles. The van der Waals surface area contributed by atoms with Gasteiger partial charge in [-0.05, 0) is 22.4 Å². The van der Waals surface area contributed by atoms with Crippen LogP contribution in [0.4, 0.5) is 0 Å². The second kappa shape index (κ2) is 9.61. The molecule has 1 aliphatic rings. The van der Waals surface area contributed by atoms with Gasteiger partial charge in [-0.2, -0.15) is 11.3 Å². The normalized spacial score (nSPS) is 16.7. The summed E-state index contributed by atoms with van der Waals surface area (Å²) in [6.07, 6.45) is 0. The number of morpholine rings is 1. The second-order valence-electron chi connectivity index (χ2n) is 5.18. The van der Waals surface area contributed by atoms with Crippen LogP contribution >= 0.6 is 11.3 Å². The third kappa shape index (κ3) is 5.58. The summed E-state index contributed by atoms with van der Waals surface area (Å²) in [5.74, 6) is -1.25. The minimum atomic E-state index is -0.631. The van der Waals surface area contributed by atoms with E-state index in [4.69, 9.17) is 9.47 Å². The van der Waals surface area contributed by atoms with Gasteiger partial charge in [0.1, 0.15) is 0 Å². The molecule has 1 aromatic heterocycles. The second-order valence-corrected chi connectivity index (χ2v) is 5.96. The van der Waals surface area contributed by atoms with Crippen molar-refractivity contribution in [1.82, 2.24) is 15.5 Å². The van der Waals surface area contributed by atoms with Crippen molar-refractivity contribution in [3.8, 4) is 0 Å². The molecule has 2 N–H and O–H groups in total. The Morgan fingerprint density at radius 3 is 2.74 bits per heavy atom. The van der Waals surface area contributed by atoms with Crippen molar-refractivity contribution >= 4 is 23.2 Å². The zero-order valence-electron chi connectivity index (χ0n) is 13.2. The number of nitrogens with zero attached hydrogens (tertiary/aromatic N) is 1. The summed E-state index contributed by atoms with van der Waals surface area (Å²) in [5, 5.41) is 9.33. The highest BCUT2D eigenvalue weighted by atomic mass is 32.1. The van der Waals surface area contributed by atoms with E-state index in [1.165, 1.54) is 0 Å². The van der Waals surface area contributed by atoms with E-state index in [1.807, 2.05) is 5.38 Å². The van der Waals surface area contributed by atoms with Crippen molar-refractivity contribution in [3.05, 3.63) is 22.4 Å². The molecule has 1 aliphatic heterocycles. The summed E-state index contributed by atoms with van der Waals surface area (Å²) in [7, 11) is 1.54. The Bertz CT molecular complexity index is 489. The number of carbonyl (C=O) groups excluding carboxylic acids is 2. The molecule has 23 heavy (non-hydrogen) atoms. The van der Waals surface area contributed by atoms with Crippen LogP contribution in [0.1, 0.15) is 11.6 Å². The molecule has 0 aromatic carbocycles. The lowest BCUT2D eigenvalue weighted by Gasteiger charge is -2.34.